The summed E-state index contributed by atoms with van der Waals surface area (Å²) in [6, 6.07) is 4.57. The molecule has 0 aromatic heterocycles. The van der Waals surface area contributed by atoms with Gasteiger partial charge in [0.2, 0.25) is 0 Å². The molecule has 2 rings (SSSR count). The van der Waals surface area contributed by atoms with Crippen molar-refractivity contribution >= 4 is 17.5 Å². The minimum absolute atomic E-state index is 0.0518. The van der Waals surface area contributed by atoms with Gasteiger partial charge in [-0.15, -0.1) is 11.6 Å². The summed E-state index contributed by atoms with van der Waals surface area (Å²) in [7, 11) is 1.51. The number of aromatic hydroxyl groups is 1. The number of alkyl halides is 1. The minimum atomic E-state index is -0.303. The lowest BCUT2D eigenvalue weighted by molar-refractivity contribution is 0.0943. The lowest BCUT2D eigenvalue weighted by Gasteiger charge is -2.13. The van der Waals surface area contributed by atoms with E-state index in [1.807, 2.05) is 0 Å². The first kappa shape index (κ1) is 13.0. The predicted octanol–water partition coefficient (Wildman–Crippen LogP) is 2.15. The van der Waals surface area contributed by atoms with Crippen LogP contribution in [0.1, 0.15) is 23.2 Å². The van der Waals surface area contributed by atoms with Crippen LogP contribution >= 0.6 is 11.6 Å². The maximum atomic E-state index is 12.0. The maximum Gasteiger partial charge on any atom is 0.255 e. The molecule has 0 atom stereocenters. The van der Waals surface area contributed by atoms with Crippen molar-refractivity contribution in [3.63, 3.8) is 0 Å². The van der Waals surface area contributed by atoms with Gasteiger partial charge in [0.05, 0.1) is 12.7 Å². The molecule has 1 aromatic rings. The molecule has 1 amide bonds. The van der Waals surface area contributed by atoms with Crippen LogP contribution in [-0.2, 0) is 0 Å². The van der Waals surface area contributed by atoms with Crippen molar-refractivity contribution in [2.75, 3.05) is 19.5 Å². The molecular formula is C13H16ClNO3. The number of nitrogens with one attached hydrogen (secondary N) is 1. The van der Waals surface area contributed by atoms with Gasteiger partial charge in [-0.3, -0.25) is 4.79 Å². The fourth-order valence-corrected chi connectivity index (χ4v) is 2.08. The lowest BCUT2D eigenvalue weighted by Crippen LogP contribution is -2.31. The fraction of sp³-hybridized carbons (Fsp3) is 0.462. The zero-order valence-corrected chi connectivity index (χ0v) is 11.0. The van der Waals surface area contributed by atoms with E-state index in [9.17, 15) is 9.90 Å². The summed E-state index contributed by atoms with van der Waals surface area (Å²) in [6.45, 7) is 0.548. The van der Waals surface area contributed by atoms with Crippen LogP contribution in [0.5, 0.6) is 11.5 Å². The van der Waals surface area contributed by atoms with Gasteiger partial charge in [-0.1, -0.05) is 0 Å². The minimum Gasteiger partial charge on any atom is -0.507 e. The van der Waals surface area contributed by atoms with Crippen LogP contribution in [0, 0.1) is 5.41 Å². The monoisotopic (exact) mass is 269 g/mol. The van der Waals surface area contributed by atoms with Crippen molar-refractivity contribution in [3.05, 3.63) is 23.8 Å². The van der Waals surface area contributed by atoms with Crippen molar-refractivity contribution < 1.29 is 14.6 Å². The first-order valence-electron chi connectivity index (χ1n) is 5.81. The maximum absolute atomic E-state index is 12.0. The SMILES string of the molecule is COc1ccc(O)c(C(=O)NCC2(CCl)CC2)c1. The molecule has 18 heavy (non-hydrogen) atoms. The van der Waals surface area contributed by atoms with Crippen LogP contribution in [0.25, 0.3) is 0 Å². The highest BCUT2D eigenvalue weighted by molar-refractivity contribution is 6.18. The molecule has 5 heteroatoms. The molecule has 4 nitrogen and oxygen atoms in total. The number of phenols is 1. The zero-order chi connectivity index (χ0) is 13.2. The highest BCUT2D eigenvalue weighted by Gasteiger charge is 2.41. The van der Waals surface area contributed by atoms with Gasteiger partial charge in [0.25, 0.3) is 5.91 Å². The molecule has 1 saturated carbocycles. The Balaban J connectivity index is 2.04. The predicted molar refractivity (Wildman–Crippen MR) is 69.4 cm³/mol. The van der Waals surface area contributed by atoms with Gasteiger partial charge in [-0.05, 0) is 31.0 Å². The topological polar surface area (TPSA) is 58.6 Å². The van der Waals surface area contributed by atoms with Crippen molar-refractivity contribution in [1.82, 2.24) is 5.32 Å². The average molecular weight is 270 g/mol. The first-order valence-corrected chi connectivity index (χ1v) is 6.35. The Morgan fingerprint density at radius 1 is 1.56 bits per heavy atom. The van der Waals surface area contributed by atoms with Crippen LogP contribution in [0.3, 0.4) is 0 Å². The van der Waals surface area contributed by atoms with E-state index in [2.05, 4.69) is 5.32 Å². The molecule has 0 aliphatic heterocycles. The molecule has 1 aliphatic carbocycles. The highest BCUT2D eigenvalue weighted by Crippen LogP contribution is 2.45. The number of methoxy groups -OCH3 is 1. The summed E-state index contributed by atoms with van der Waals surface area (Å²) >= 11 is 5.84. The third-order valence-electron chi connectivity index (χ3n) is 3.31. The Hall–Kier alpha value is -1.42. The molecular weight excluding hydrogens is 254 g/mol. The van der Waals surface area contributed by atoms with Crippen LogP contribution in [0.2, 0.25) is 0 Å². The van der Waals surface area contributed by atoms with Crippen molar-refractivity contribution in [2.24, 2.45) is 5.41 Å². The summed E-state index contributed by atoms with van der Waals surface area (Å²) in [5.41, 5.74) is 0.283. The summed E-state index contributed by atoms with van der Waals surface area (Å²) in [4.78, 5) is 12.0. The van der Waals surface area contributed by atoms with E-state index in [0.29, 0.717) is 18.2 Å². The first-order chi connectivity index (χ1) is 8.60. The number of phenolic OH excluding ortho intramolecular Hbond substituents is 1. The number of rotatable bonds is 5. The second-order valence-electron chi connectivity index (χ2n) is 4.70. The Labute approximate surface area is 111 Å². The van der Waals surface area contributed by atoms with E-state index in [0.717, 1.165) is 12.8 Å². The number of carbonyl (C=O) groups is 1. The Bertz CT molecular complexity index is 458. The number of benzene rings is 1. The van der Waals surface area contributed by atoms with Gasteiger partial charge in [0.15, 0.2) is 0 Å². The van der Waals surface area contributed by atoms with Gasteiger partial charge in [0.1, 0.15) is 11.5 Å². The van der Waals surface area contributed by atoms with Crippen LogP contribution in [-0.4, -0.2) is 30.5 Å². The van der Waals surface area contributed by atoms with Crippen molar-refractivity contribution in [1.29, 1.82) is 0 Å². The fourth-order valence-electron chi connectivity index (χ4n) is 1.72. The van der Waals surface area contributed by atoms with E-state index in [1.54, 1.807) is 6.07 Å². The molecule has 0 spiro atoms. The van der Waals surface area contributed by atoms with Crippen LogP contribution < -0.4 is 10.1 Å². The third kappa shape index (κ3) is 2.70. The lowest BCUT2D eigenvalue weighted by atomic mass is 10.1. The standard InChI is InChI=1S/C13H16ClNO3/c1-18-9-2-3-11(16)10(6-9)12(17)15-8-13(7-14)4-5-13/h2-3,6,16H,4-5,7-8H2,1H3,(H,15,17). The number of hydrogen-bond donors (Lipinski definition) is 2. The van der Waals surface area contributed by atoms with Crippen LogP contribution in [0.4, 0.5) is 0 Å². The number of hydrogen-bond acceptors (Lipinski definition) is 3. The Morgan fingerprint density at radius 2 is 2.28 bits per heavy atom. The number of amides is 1. The molecule has 0 unspecified atom stereocenters. The quantitative estimate of drug-likeness (QED) is 0.806. The van der Waals surface area contributed by atoms with E-state index in [-0.39, 0.29) is 22.6 Å². The highest BCUT2D eigenvalue weighted by atomic mass is 35.5. The van der Waals surface area contributed by atoms with Gasteiger partial charge in [-0.2, -0.15) is 0 Å². The average Bonchev–Trinajstić information content (AvgIpc) is 3.17. The summed E-state index contributed by atoms with van der Waals surface area (Å²) < 4.78 is 5.03. The van der Waals surface area contributed by atoms with E-state index < -0.39 is 0 Å². The molecule has 1 fully saturated rings. The largest absolute Gasteiger partial charge is 0.507 e. The Kier molecular flexibility index (Phi) is 3.66. The Morgan fingerprint density at radius 3 is 2.83 bits per heavy atom. The number of halogens is 1. The van der Waals surface area contributed by atoms with E-state index in [1.165, 1.54) is 19.2 Å². The molecule has 1 aliphatic rings. The second-order valence-corrected chi connectivity index (χ2v) is 4.97. The molecule has 2 N–H and O–H groups in total. The van der Waals surface area contributed by atoms with Crippen LogP contribution in [0.15, 0.2) is 18.2 Å². The summed E-state index contributed by atoms with van der Waals surface area (Å²) in [5.74, 6) is 0.737. The third-order valence-corrected chi connectivity index (χ3v) is 3.88. The molecule has 98 valence electrons. The second kappa shape index (κ2) is 5.06. The molecule has 0 bridgehead atoms. The summed E-state index contributed by atoms with van der Waals surface area (Å²) in [5, 5.41) is 12.5. The molecule has 1 aromatic carbocycles. The molecule has 0 radical (unpaired) electrons. The van der Waals surface area contributed by atoms with Gasteiger partial charge in [0, 0.05) is 17.8 Å². The smallest absolute Gasteiger partial charge is 0.255 e. The number of ether oxygens (including phenoxy) is 1. The van der Waals surface area contributed by atoms with E-state index in [4.69, 9.17) is 16.3 Å². The van der Waals surface area contributed by atoms with Gasteiger partial charge in [-0.25, -0.2) is 0 Å². The van der Waals surface area contributed by atoms with Gasteiger partial charge >= 0.3 is 0 Å². The van der Waals surface area contributed by atoms with Crippen molar-refractivity contribution in [2.45, 2.75) is 12.8 Å². The number of carbonyl (C=O) groups excluding carboxylic acids is 1. The van der Waals surface area contributed by atoms with Gasteiger partial charge < -0.3 is 15.2 Å². The zero-order valence-electron chi connectivity index (χ0n) is 10.2. The molecule has 0 heterocycles. The van der Waals surface area contributed by atoms with Crippen molar-refractivity contribution in [3.8, 4) is 11.5 Å². The summed E-state index contributed by atoms with van der Waals surface area (Å²) in [6.07, 6.45) is 2.09. The van der Waals surface area contributed by atoms with E-state index >= 15 is 0 Å². The molecule has 0 saturated heterocycles. The normalized spacial score (nSPS) is 16.1.